The highest BCUT2D eigenvalue weighted by Crippen LogP contribution is 2.26. The number of hydrogen-bond acceptors (Lipinski definition) is 7. The van der Waals surface area contributed by atoms with Crippen LogP contribution in [0.2, 0.25) is 0 Å². The van der Waals surface area contributed by atoms with Gasteiger partial charge in [0.15, 0.2) is 0 Å². The van der Waals surface area contributed by atoms with E-state index in [9.17, 15) is 8.42 Å². The van der Waals surface area contributed by atoms with Gasteiger partial charge in [0.2, 0.25) is 15.7 Å². The summed E-state index contributed by atoms with van der Waals surface area (Å²) < 4.78 is 34.7. The summed E-state index contributed by atoms with van der Waals surface area (Å²) in [6.07, 6.45) is 1.29. The maximum Gasteiger partial charge on any atom is 0.213 e. The first-order chi connectivity index (χ1) is 13.3. The first-order valence-corrected chi connectivity index (χ1v) is 10.9. The van der Waals surface area contributed by atoms with E-state index in [1.807, 2.05) is 20.8 Å². The lowest BCUT2D eigenvalue weighted by Crippen LogP contribution is -2.25. The lowest BCUT2D eigenvalue weighted by Gasteiger charge is -2.13. The van der Waals surface area contributed by atoms with Gasteiger partial charge in [-0.15, -0.1) is 5.10 Å². The van der Waals surface area contributed by atoms with Gasteiger partial charge in [-0.25, -0.2) is 17.7 Å². The summed E-state index contributed by atoms with van der Waals surface area (Å²) in [4.78, 5) is 4.76. The van der Waals surface area contributed by atoms with Crippen LogP contribution in [0.15, 0.2) is 0 Å². The fraction of sp³-hybridized carbons (Fsp3) is 0.647. The van der Waals surface area contributed by atoms with Crippen molar-refractivity contribution in [3.63, 3.8) is 0 Å². The summed E-state index contributed by atoms with van der Waals surface area (Å²) in [7, 11) is -0.0715. The van der Waals surface area contributed by atoms with E-state index in [-0.39, 0.29) is 5.75 Å². The first kappa shape index (κ1) is 20.6. The second-order valence-electron chi connectivity index (χ2n) is 6.94. The molecule has 0 aliphatic rings. The molecule has 0 bridgehead atoms. The van der Waals surface area contributed by atoms with Crippen molar-refractivity contribution in [1.82, 2.24) is 33.9 Å². The van der Waals surface area contributed by atoms with Gasteiger partial charge in [-0.1, -0.05) is 0 Å². The number of tetrazole rings is 1. The predicted octanol–water partition coefficient (Wildman–Crippen LogP) is 1.30. The van der Waals surface area contributed by atoms with Crippen LogP contribution in [0.5, 0.6) is 0 Å². The Labute approximate surface area is 164 Å². The minimum absolute atomic E-state index is 0.129. The normalized spacial score (nSPS) is 12.6. The van der Waals surface area contributed by atoms with Crippen molar-refractivity contribution in [2.75, 3.05) is 26.5 Å². The maximum atomic E-state index is 12.0. The number of sulfonamides is 1. The molecule has 0 atom stereocenters. The first-order valence-electron chi connectivity index (χ1n) is 9.32. The zero-order valence-corrected chi connectivity index (χ0v) is 17.8. The lowest BCUT2D eigenvalue weighted by molar-refractivity contribution is 0.126. The largest absolute Gasteiger partial charge is 0.374 e. The number of aromatic nitrogens is 6. The quantitative estimate of drug-likeness (QED) is 0.490. The molecule has 0 aliphatic heterocycles. The molecule has 3 aromatic rings. The van der Waals surface area contributed by atoms with E-state index in [4.69, 9.17) is 9.72 Å². The molecule has 0 fully saturated rings. The van der Waals surface area contributed by atoms with Crippen LogP contribution in [0, 0.1) is 13.8 Å². The van der Waals surface area contributed by atoms with Crippen LogP contribution in [0.3, 0.4) is 0 Å². The van der Waals surface area contributed by atoms with Gasteiger partial charge in [0, 0.05) is 32.9 Å². The van der Waals surface area contributed by atoms with Gasteiger partial charge in [0.05, 0.1) is 11.3 Å². The summed E-state index contributed by atoms with van der Waals surface area (Å²) in [6, 6.07) is 0. The SMILES string of the molecule is CCOCc1nc2c(c(C)c(C)n3nnnc23)n1CCCCS(=O)(=O)N(C)C. The molecule has 3 aromatic heterocycles. The molecule has 0 saturated carbocycles. The van der Waals surface area contributed by atoms with E-state index in [2.05, 4.69) is 20.1 Å². The Morgan fingerprint density at radius 2 is 1.93 bits per heavy atom. The molecular weight excluding hydrogens is 382 g/mol. The molecule has 154 valence electrons. The molecule has 28 heavy (non-hydrogen) atoms. The van der Waals surface area contributed by atoms with E-state index >= 15 is 0 Å². The Kier molecular flexibility index (Phi) is 5.96. The topological polar surface area (TPSA) is 108 Å². The number of fused-ring (bicyclic) bond motifs is 3. The molecule has 0 spiro atoms. The highest BCUT2D eigenvalue weighted by atomic mass is 32.2. The number of aryl methyl sites for hydroxylation is 3. The van der Waals surface area contributed by atoms with Gasteiger partial charge >= 0.3 is 0 Å². The number of nitrogens with zero attached hydrogens (tertiary/aromatic N) is 7. The number of ether oxygens (including phenoxy) is 1. The second kappa shape index (κ2) is 8.10. The number of imidazole rings is 1. The monoisotopic (exact) mass is 409 g/mol. The van der Waals surface area contributed by atoms with Gasteiger partial charge in [0.25, 0.3) is 0 Å². The zero-order valence-electron chi connectivity index (χ0n) is 17.0. The average Bonchev–Trinajstić information content (AvgIpc) is 3.26. The van der Waals surface area contributed by atoms with Crippen molar-refractivity contribution in [3.8, 4) is 0 Å². The zero-order chi connectivity index (χ0) is 20.5. The smallest absolute Gasteiger partial charge is 0.213 e. The molecule has 10 nitrogen and oxygen atoms in total. The molecule has 0 aromatic carbocycles. The third kappa shape index (κ3) is 3.74. The Bertz CT molecular complexity index is 1090. The third-order valence-corrected chi connectivity index (χ3v) is 6.89. The minimum Gasteiger partial charge on any atom is -0.374 e. The van der Waals surface area contributed by atoms with Crippen LogP contribution in [-0.4, -0.2) is 68.8 Å². The average molecular weight is 410 g/mol. The fourth-order valence-electron chi connectivity index (χ4n) is 3.21. The van der Waals surface area contributed by atoms with E-state index in [1.54, 1.807) is 18.6 Å². The second-order valence-corrected chi connectivity index (χ2v) is 9.25. The summed E-state index contributed by atoms with van der Waals surface area (Å²) in [5.41, 5.74) is 4.33. The number of hydrogen-bond donors (Lipinski definition) is 0. The highest BCUT2D eigenvalue weighted by molar-refractivity contribution is 7.89. The van der Waals surface area contributed by atoms with Gasteiger partial charge in [-0.3, -0.25) is 0 Å². The van der Waals surface area contributed by atoms with Crippen molar-refractivity contribution in [2.24, 2.45) is 0 Å². The van der Waals surface area contributed by atoms with Crippen molar-refractivity contribution in [1.29, 1.82) is 0 Å². The summed E-state index contributed by atoms with van der Waals surface area (Å²) in [5, 5.41) is 12.0. The number of unbranched alkanes of at least 4 members (excludes halogenated alkanes) is 1. The van der Waals surface area contributed by atoms with Crippen LogP contribution in [0.25, 0.3) is 16.7 Å². The van der Waals surface area contributed by atoms with Crippen molar-refractivity contribution >= 4 is 26.7 Å². The molecule has 3 rings (SSSR count). The molecule has 11 heteroatoms. The molecule has 0 N–H and O–H groups in total. The molecule has 3 heterocycles. The van der Waals surface area contributed by atoms with E-state index in [0.29, 0.717) is 38.2 Å². The maximum absolute atomic E-state index is 12.0. The van der Waals surface area contributed by atoms with Crippen molar-refractivity contribution in [3.05, 3.63) is 17.1 Å². The fourth-order valence-corrected chi connectivity index (χ4v) is 4.14. The molecule has 0 unspecified atom stereocenters. The number of rotatable bonds is 9. The Morgan fingerprint density at radius 1 is 1.18 bits per heavy atom. The van der Waals surface area contributed by atoms with Gasteiger partial charge in [0.1, 0.15) is 17.9 Å². The molecule has 0 radical (unpaired) electrons. The van der Waals surface area contributed by atoms with E-state index in [0.717, 1.165) is 28.1 Å². The third-order valence-electron chi connectivity index (χ3n) is 4.97. The minimum atomic E-state index is -3.19. The van der Waals surface area contributed by atoms with E-state index in [1.165, 1.54) is 4.31 Å². The van der Waals surface area contributed by atoms with Crippen LogP contribution in [-0.2, 0) is 27.9 Å². The molecular formula is C17H27N7O3S. The summed E-state index contributed by atoms with van der Waals surface area (Å²) >= 11 is 0. The van der Waals surface area contributed by atoms with Crippen LogP contribution < -0.4 is 0 Å². The van der Waals surface area contributed by atoms with Crippen molar-refractivity contribution in [2.45, 2.75) is 46.8 Å². The highest BCUT2D eigenvalue weighted by Gasteiger charge is 2.20. The summed E-state index contributed by atoms with van der Waals surface area (Å²) in [6.45, 7) is 7.56. The van der Waals surface area contributed by atoms with Crippen LogP contribution in [0.4, 0.5) is 0 Å². The Morgan fingerprint density at radius 3 is 2.61 bits per heavy atom. The van der Waals surface area contributed by atoms with Gasteiger partial charge in [-0.05, 0) is 49.6 Å². The Balaban J connectivity index is 1.96. The van der Waals surface area contributed by atoms with Crippen LogP contribution >= 0.6 is 0 Å². The van der Waals surface area contributed by atoms with Gasteiger partial charge in [-0.2, -0.15) is 4.52 Å². The van der Waals surface area contributed by atoms with Gasteiger partial charge < -0.3 is 9.30 Å². The standard InChI is InChI=1S/C17H27N7O3S/c1-6-27-11-14-18-15-16(12(2)13(3)24-17(15)19-20-21-24)23(14)9-7-8-10-28(25,26)22(4)5/h6-11H2,1-5H3. The lowest BCUT2D eigenvalue weighted by atomic mass is 10.2. The molecule has 0 saturated heterocycles. The predicted molar refractivity (Wildman–Crippen MR) is 106 cm³/mol. The number of pyridine rings is 1. The molecule has 0 aliphatic carbocycles. The van der Waals surface area contributed by atoms with Crippen LogP contribution in [0.1, 0.15) is 36.8 Å². The Hall–Kier alpha value is -2.11. The van der Waals surface area contributed by atoms with Crippen molar-refractivity contribution < 1.29 is 13.2 Å². The van der Waals surface area contributed by atoms with E-state index < -0.39 is 10.0 Å². The summed E-state index contributed by atoms with van der Waals surface area (Å²) in [5.74, 6) is 0.926. The molecule has 0 amide bonds.